The van der Waals surface area contributed by atoms with Gasteiger partial charge in [0.25, 0.3) is 0 Å². The first-order valence-corrected chi connectivity index (χ1v) is 13.5. The Hall–Kier alpha value is -1.85. The summed E-state index contributed by atoms with van der Waals surface area (Å²) < 4.78 is 38.2. The van der Waals surface area contributed by atoms with Gasteiger partial charge in [-0.3, -0.25) is 14.6 Å². The third-order valence-electron chi connectivity index (χ3n) is 6.03. The number of hydrogen-bond acceptors (Lipinski definition) is 6. The highest BCUT2D eigenvalue weighted by molar-refractivity contribution is 7.88. The van der Waals surface area contributed by atoms with Crippen LogP contribution in [-0.4, -0.2) is 98.5 Å². The molecule has 2 aromatic rings. The molecule has 1 aromatic carbocycles. The first kappa shape index (κ1) is 23.3. The Morgan fingerprint density at radius 3 is 2.31 bits per heavy atom. The van der Waals surface area contributed by atoms with E-state index in [9.17, 15) is 17.6 Å². The molecule has 2 aliphatic rings. The van der Waals surface area contributed by atoms with Crippen molar-refractivity contribution in [3.8, 4) is 10.4 Å². The van der Waals surface area contributed by atoms with E-state index in [4.69, 9.17) is 0 Å². The van der Waals surface area contributed by atoms with Crippen LogP contribution in [0.25, 0.3) is 10.4 Å². The first-order chi connectivity index (χ1) is 15.3. The molecular weight excluding hydrogens is 451 g/mol. The molecule has 7 nitrogen and oxygen atoms in total. The number of thiophene rings is 1. The lowest BCUT2D eigenvalue weighted by Crippen LogP contribution is -2.54. The molecule has 174 valence electrons. The van der Waals surface area contributed by atoms with Gasteiger partial charge in [0.15, 0.2) is 0 Å². The van der Waals surface area contributed by atoms with Crippen LogP contribution in [0.1, 0.15) is 4.88 Å². The number of hydrogen-bond donors (Lipinski definition) is 0. The Bertz CT molecular complexity index is 1040. The monoisotopic (exact) mass is 480 g/mol. The van der Waals surface area contributed by atoms with E-state index in [-0.39, 0.29) is 11.7 Å². The lowest BCUT2D eigenvalue weighted by molar-refractivity contribution is -0.134. The molecule has 0 N–H and O–H groups in total. The van der Waals surface area contributed by atoms with Crippen LogP contribution in [0.5, 0.6) is 0 Å². The van der Waals surface area contributed by atoms with Crippen LogP contribution in [0.4, 0.5) is 4.39 Å². The second-order valence-electron chi connectivity index (χ2n) is 8.37. The quantitative estimate of drug-likeness (QED) is 0.631. The predicted molar refractivity (Wildman–Crippen MR) is 124 cm³/mol. The van der Waals surface area contributed by atoms with E-state index < -0.39 is 10.0 Å². The number of halogens is 1. The minimum Gasteiger partial charge on any atom is -0.339 e. The number of benzene rings is 1. The van der Waals surface area contributed by atoms with Gasteiger partial charge in [-0.15, -0.1) is 11.3 Å². The van der Waals surface area contributed by atoms with Gasteiger partial charge in [-0.05, 0) is 29.8 Å². The van der Waals surface area contributed by atoms with Gasteiger partial charge in [0, 0.05) is 68.7 Å². The van der Waals surface area contributed by atoms with Gasteiger partial charge in [0.1, 0.15) is 5.82 Å². The maximum Gasteiger partial charge on any atom is 0.236 e. The molecule has 2 aliphatic heterocycles. The molecular formula is C22H29FN4O3S2. The summed E-state index contributed by atoms with van der Waals surface area (Å²) in [5.41, 5.74) is 0.905. The summed E-state index contributed by atoms with van der Waals surface area (Å²) in [6, 6.07) is 10.8. The molecule has 0 saturated carbocycles. The molecule has 1 aromatic heterocycles. The molecule has 0 bridgehead atoms. The number of sulfonamides is 1. The minimum absolute atomic E-state index is 0.0737. The standard InChI is InChI=1S/C22H29FN4O3S2/c1-32(29,30)27-13-11-26(12-14-27)22(28)17-25-9-7-24(8-10-25)16-20-5-6-21(31-20)18-3-2-4-19(23)15-18/h2-6,15H,7-14,16-17H2,1H3. The number of nitrogens with zero attached hydrogens (tertiary/aromatic N) is 4. The lowest BCUT2D eigenvalue weighted by Gasteiger charge is -2.37. The fourth-order valence-corrected chi connectivity index (χ4v) is 6.02. The van der Waals surface area contributed by atoms with E-state index in [1.165, 1.54) is 21.5 Å². The Morgan fingerprint density at radius 2 is 1.66 bits per heavy atom. The summed E-state index contributed by atoms with van der Waals surface area (Å²) in [6.45, 7) is 6.34. The minimum atomic E-state index is -3.19. The van der Waals surface area contributed by atoms with Crippen LogP contribution in [-0.2, 0) is 21.4 Å². The zero-order valence-electron chi connectivity index (χ0n) is 18.2. The molecule has 0 unspecified atom stereocenters. The molecule has 10 heteroatoms. The molecule has 0 aliphatic carbocycles. The zero-order chi connectivity index (χ0) is 22.7. The molecule has 4 rings (SSSR count). The van der Waals surface area contributed by atoms with Crippen LogP contribution >= 0.6 is 11.3 Å². The average molecular weight is 481 g/mol. The fraction of sp³-hybridized carbons (Fsp3) is 0.500. The van der Waals surface area contributed by atoms with Crippen molar-refractivity contribution in [3.63, 3.8) is 0 Å². The van der Waals surface area contributed by atoms with E-state index in [0.29, 0.717) is 32.7 Å². The summed E-state index contributed by atoms with van der Waals surface area (Å²) in [7, 11) is -3.19. The van der Waals surface area contributed by atoms with Gasteiger partial charge >= 0.3 is 0 Å². The maximum atomic E-state index is 13.5. The van der Waals surface area contributed by atoms with Crippen LogP contribution in [0.3, 0.4) is 0 Å². The summed E-state index contributed by atoms with van der Waals surface area (Å²) in [6.07, 6.45) is 1.21. The Morgan fingerprint density at radius 1 is 0.969 bits per heavy atom. The van der Waals surface area contributed by atoms with Crippen molar-refractivity contribution in [2.24, 2.45) is 0 Å². The Labute approximate surface area is 193 Å². The zero-order valence-corrected chi connectivity index (χ0v) is 19.9. The Kier molecular flexibility index (Phi) is 7.26. The molecule has 0 radical (unpaired) electrons. The smallest absolute Gasteiger partial charge is 0.236 e. The van der Waals surface area contributed by atoms with Crippen molar-refractivity contribution < 1.29 is 17.6 Å². The number of amides is 1. The van der Waals surface area contributed by atoms with Gasteiger partial charge in [-0.25, -0.2) is 12.8 Å². The normalized spacial score (nSPS) is 19.4. The largest absolute Gasteiger partial charge is 0.339 e. The molecule has 2 saturated heterocycles. The highest BCUT2D eigenvalue weighted by atomic mass is 32.2. The van der Waals surface area contributed by atoms with E-state index >= 15 is 0 Å². The van der Waals surface area contributed by atoms with E-state index in [2.05, 4.69) is 15.9 Å². The van der Waals surface area contributed by atoms with Crippen LogP contribution in [0.15, 0.2) is 36.4 Å². The molecule has 0 spiro atoms. The van der Waals surface area contributed by atoms with Gasteiger partial charge in [0.2, 0.25) is 15.9 Å². The fourth-order valence-electron chi connectivity index (χ4n) is 4.15. The summed E-state index contributed by atoms with van der Waals surface area (Å²) in [4.78, 5) is 21.3. The summed E-state index contributed by atoms with van der Waals surface area (Å²) in [5.74, 6) is -0.148. The number of piperazine rings is 2. The molecule has 2 fully saturated rings. The van der Waals surface area contributed by atoms with Gasteiger partial charge in [0.05, 0.1) is 12.8 Å². The predicted octanol–water partition coefficient (Wildman–Crippen LogP) is 1.78. The van der Waals surface area contributed by atoms with Crippen molar-refractivity contribution in [1.29, 1.82) is 0 Å². The highest BCUT2D eigenvalue weighted by Crippen LogP contribution is 2.29. The van der Waals surface area contributed by atoms with Crippen molar-refractivity contribution in [3.05, 3.63) is 47.1 Å². The van der Waals surface area contributed by atoms with Crippen molar-refractivity contribution in [1.82, 2.24) is 19.0 Å². The van der Waals surface area contributed by atoms with Gasteiger partial charge in [-0.1, -0.05) is 12.1 Å². The number of carbonyl (C=O) groups is 1. The molecule has 32 heavy (non-hydrogen) atoms. The molecule has 0 atom stereocenters. The molecule has 1 amide bonds. The average Bonchev–Trinajstić information content (AvgIpc) is 3.23. The molecule has 3 heterocycles. The van der Waals surface area contributed by atoms with E-state index in [1.807, 2.05) is 12.1 Å². The summed E-state index contributed by atoms with van der Waals surface area (Å²) >= 11 is 1.69. The number of carbonyl (C=O) groups excluding carboxylic acids is 1. The maximum absolute atomic E-state index is 13.5. The van der Waals surface area contributed by atoms with Gasteiger partial charge in [-0.2, -0.15) is 4.31 Å². The van der Waals surface area contributed by atoms with Crippen LogP contribution < -0.4 is 0 Å². The second-order valence-corrected chi connectivity index (χ2v) is 11.5. The van der Waals surface area contributed by atoms with Crippen molar-refractivity contribution >= 4 is 27.3 Å². The van der Waals surface area contributed by atoms with E-state index in [0.717, 1.165) is 43.2 Å². The third kappa shape index (κ3) is 5.93. The van der Waals surface area contributed by atoms with Crippen LogP contribution in [0.2, 0.25) is 0 Å². The van der Waals surface area contributed by atoms with Gasteiger partial charge < -0.3 is 4.90 Å². The topological polar surface area (TPSA) is 64.2 Å². The van der Waals surface area contributed by atoms with Crippen molar-refractivity contribution in [2.45, 2.75) is 6.54 Å². The van der Waals surface area contributed by atoms with Crippen LogP contribution in [0, 0.1) is 5.82 Å². The Balaban J connectivity index is 1.22. The number of rotatable bonds is 6. The lowest BCUT2D eigenvalue weighted by atomic mass is 10.2. The first-order valence-electron chi connectivity index (χ1n) is 10.8. The summed E-state index contributed by atoms with van der Waals surface area (Å²) in [5, 5.41) is 0. The second kappa shape index (κ2) is 9.96. The SMILES string of the molecule is CS(=O)(=O)N1CCN(C(=O)CN2CCN(Cc3ccc(-c4cccc(F)c4)s3)CC2)CC1. The third-order valence-corrected chi connectivity index (χ3v) is 8.46. The van der Waals surface area contributed by atoms with Crippen molar-refractivity contribution in [2.75, 3.05) is 65.2 Å². The van der Waals surface area contributed by atoms with E-state index in [1.54, 1.807) is 28.4 Å². The highest BCUT2D eigenvalue weighted by Gasteiger charge is 2.27.